The van der Waals surface area contributed by atoms with E-state index < -0.39 is 48.3 Å². The third-order valence-corrected chi connectivity index (χ3v) is 2.80. The summed E-state index contributed by atoms with van der Waals surface area (Å²) in [5.41, 5.74) is -5.89. The SMILES string of the molecule is FC(F)(F)C(CCBr)CC(F)(C(F)(F)F)C(F)(F)F. The predicted octanol–water partition coefficient (Wildman–Crippen LogP) is 5.17. The maximum absolute atomic E-state index is 13.1. The van der Waals surface area contributed by atoms with Gasteiger partial charge in [0.05, 0.1) is 5.92 Å². The van der Waals surface area contributed by atoms with Crippen LogP contribution in [0.4, 0.5) is 43.9 Å². The average Bonchev–Trinajstić information content (AvgIpc) is 2.11. The van der Waals surface area contributed by atoms with Crippen molar-refractivity contribution >= 4 is 15.9 Å². The fraction of sp³-hybridized carbons (Fsp3) is 1.00. The number of hydrogen-bond donors (Lipinski definition) is 0. The number of hydrogen-bond acceptors (Lipinski definition) is 0. The van der Waals surface area contributed by atoms with E-state index in [2.05, 4.69) is 15.9 Å². The second kappa shape index (κ2) is 5.65. The van der Waals surface area contributed by atoms with Gasteiger partial charge in [-0.05, 0) is 6.42 Å². The van der Waals surface area contributed by atoms with E-state index in [-0.39, 0.29) is 0 Å². The van der Waals surface area contributed by atoms with E-state index in [1.54, 1.807) is 0 Å². The average molecular weight is 373 g/mol. The van der Waals surface area contributed by atoms with Crippen LogP contribution in [0.1, 0.15) is 12.8 Å². The fourth-order valence-electron chi connectivity index (χ4n) is 1.24. The first-order valence-corrected chi connectivity index (χ1v) is 5.74. The lowest BCUT2D eigenvalue weighted by molar-refractivity contribution is -0.352. The summed E-state index contributed by atoms with van der Waals surface area (Å²) in [5.74, 6) is -3.06. The lowest BCUT2D eigenvalue weighted by Crippen LogP contribution is -2.55. The number of alkyl halides is 11. The summed E-state index contributed by atoms with van der Waals surface area (Å²) >= 11 is 2.47. The van der Waals surface area contributed by atoms with Gasteiger partial charge in [-0.25, -0.2) is 4.39 Å². The highest BCUT2D eigenvalue weighted by molar-refractivity contribution is 9.09. The summed E-state index contributed by atoms with van der Waals surface area (Å²) in [5, 5.41) is -0.511. The summed E-state index contributed by atoms with van der Waals surface area (Å²) in [7, 11) is 0. The maximum Gasteiger partial charge on any atom is 0.431 e. The summed E-state index contributed by atoms with van der Waals surface area (Å²) in [6.45, 7) is 0. The number of halogens is 11. The van der Waals surface area contributed by atoms with Crippen LogP contribution in [-0.4, -0.2) is 29.5 Å². The largest absolute Gasteiger partial charge is 0.431 e. The molecule has 0 rings (SSSR count). The Morgan fingerprint density at radius 3 is 1.32 bits per heavy atom. The Kier molecular flexibility index (Phi) is 5.58. The molecule has 0 aliphatic rings. The Hall–Kier alpha value is -0.220. The molecule has 19 heavy (non-hydrogen) atoms. The highest BCUT2D eigenvalue weighted by Crippen LogP contribution is 2.52. The van der Waals surface area contributed by atoms with Gasteiger partial charge >= 0.3 is 18.5 Å². The van der Waals surface area contributed by atoms with Crippen LogP contribution in [0.15, 0.2) is 0 Å². The van der Waals surface area contributed by atoms with E-state index in [0.29, 0.717) is 0 Å². The Morgan fingerprint density at radius 2 is 1.11 bits per heavy atom. The first kappa shape index (κ1) is 18.8. The molecule has 0 aliphatic heterocycles. The molecule has 0 saturated carbocycles. The molecular weight excluding hydrogens is 366 g/mol. The molecule has 11 heteroatoms. The van der Waals surface area contributed by atoms with Gasteiger partial charge in [-0.15, -0.1) is 0 Å². The third-order valence-electron chi connectivity index (χ3n) is 2.35. The van der Waals surface area contributed by atoms with E-state index >= 15 is 0 Å². The molecule has 0 saturated heterocycles. The Bertz CT molecular complexity index is 273. The van der Waals surface area contributed by atoms with Crippen molar-refractivity contribution in [2.45, 2.75) is 37.0 Å². The molecule has 0 nitrogen and oxygen atoms in total. The first-order valence-electron chi connectivity index (χ1n) is 4.62. The van der Waals surface area contributed by atoms with Crippen LogP contribution in [-0.2, 0) is 0 Å². The quantitative estimate of drug-likeness (QED) is 0.471. The van der Waals surface area contributed by atoms with Crippen LogP contribution in [0.25, 0.3) is 0 Å². The molecule has 0 aromatic heterocycles. The molecule has 0 aromatic carbocycles. The Labute approximate surface area is 109 Å². The van der Waals surface area contributed by atoms with Crippen molar-refractivity contribution in [3.63, 3.8) is 0 Å². The van der Waals surface area contributed by atoms with Crippen LogP contribution >= 0.6 is 15.9 Å². The minimum Gasteiger partial charge on any atom is -0.224 e. The first-order chi connectivity index (χ1) is 8.17. The summed E-state index contributed by atoms with van der Waals surface area (Å²) in [6.07, 6.45) is -22.1. The van der Waals surface area contributed by atoms with Crippen LogP contribution < -0.4 is 0 Å². The standard InChI is InChI=1S/C8H7BrF10/c9-2-1-4(6(11,12)13)3-5(10,7(14,15)16)8(17,18)19/h4H,1-3H2. The maximum atomic E-state index is 13.1. The topological polar surface area (TPSA) is 0 Å². The van der Waals surface area contributed by atoms with E-state index in [0.717, 1.165) is 0 Å². The molecule has 0 N–H and O–H groups in total. The van der Waals surface area contributed by atoms with Crippen molar-refractivity contribution in [2.24, 2.45) is 5.92 Å². The molecule has 0 fully saturated rings. The van der Waals surface area contributed by atoms with E-state index in [4.69, 9.17) is 0 Å². The van der Waals surface area contributed by atoms with Crippen molar-refractivity contribution in [3.8, 4) is 0 Å². The van der Waals surface area contributed by atoms with Gasteiger partial charge in [0.15, 0.2) is 0 Å². The van der Waals surface area contributed by atoms with Gasteiger partial charge in [0.25, 0.3) is 5.67 Å². The number of rotatable bonds is 4. The molecule has 0 radical (unpaired) electrons. The second-order valence-electron chi connectivity index (χ2n) is 3.72. The molecule has 0 spiro atoms. The molecule has 0 bridgehead atoms. The van der Waals surface area contributed by atoms with Gasteiger partial charge in [0, 0.05) is 11.8 Å². The Balaban J connectivity index is 5.45. The Morgan fingerprint density at radius 1 is 0.737 bits per heavy atom. The second-order valence-corrected chi connectivity index (χ2v) is 4.51. The van der Waals surface area contributed by atoms with Crippen molar-refractivity contribution in [1.29, 1.82) is 0 Å². The predicted molar refractivity (Wildman–Crippen MR) is 48.5 cm³/mol. The highest BCUT2D eigenvalue weighted by Gasteiger charge is 2.73. The van der Waals surface area contributed by atoms with Gasteiger partial charge in [0.2, 0.25) is 0 Å². The van der Waals surface area contributed by atoms with E-state index in [9.17, 15) is 43.9 Å². The third kappa shape index (κ3) is 4.38. The molecule has 0 aromatic rings. The summed E-state index contributed by atoms with van der Waals surface area (Å²) in [6, 6.07) is 0. The van der Waals surface area contributed by atoms with Crippen molar-refractivity contribution < 1.29 is 43.9 Å². The molecule has 1 atom stereocenters. The van der Waals surface area contributed by atoms with E-state index in [1.807, 2.05) is 0 Å². The van der Waals surface area contributed by atoms with Crippen LogP contribution in [0.2, 0.25) is 0 Å². The minimum atomic E-state index is -6.47. The minimum absolute atomic E-state index is 0.511. The summed E-state index contributed by atoms with van der Waals surface area (Å²) < 4.78 is 123. The zero-order valence-electron chi connectivity index (χ0n) is 8.86. The van der Waals surface area contributed by atoms with Gasteiger partial charge in [-0.1, -0.05) is 15.9 Å². The molecular formula is C8H7BrF10. The normalized spacial score (nSPS) is 16.6. The lowest BCUT2D eigenvalue weighted by Gasteiger charge is -2.33. The zero-order chi connectivity index (χ0) is 15.7. The zero-order valence-corrected chi connectivity index (χ0v) is 10.4. The van der Waals surface area contributed by atoms with E-state index in [1.165, 1.54) is 0 Å². The lowest BCUT2D eigenvalue weighted by atomic mass is 9.88. The smallest absolute Gasteiger partial charge is 0.224 e. The molecule has 116 valence electrons. The fourth-order valence-corrected chi connectivity index (χ4v) is 1.80. The monoisotopic (exact) mass is 372 g/mol. The molecule has 0 aliphatic carbocycles. The van der Waals surface area contributed by atoms with Crippen molar-refractivity contribution in [2.75, 3.05) is 5.33 Å². The van der Waals surface area contributed by atoms with Crippen LogP contribution in [0.3, 0.4) is 0 Å². The van der Waals surface area contributed by atoms with Crippen molar-refractivity contribution in [1.82, 2.24) is 0 Å². The van der Waals surface area contributed by atoms with Gasteiger partial charge in [-0.3, -0.25) is 0 Å². The highest BCUT2D eigenvalue weighted by atomic mass is 79.9. The van der Waals surface area contributed by atoms with Crippen LogP contribution in [0.5, 0.6) is 0 Å². The summed E-state index contributed by atoms with van der Waals surface area (Å²) in [4.78, 5) is 0. The molecule has 1 unspecified atom stereocenters. The van der Waals surface area contributed by atoms with Crippen LogP contribution in [0, 0.1) is 5.92 Å². The molecule has 0 amide bonds. The van der Waals surface area contributed by atoms with Gasteiger partial charge in [-0.2, -0.15) is 39.5 Å². The molecule has 0 heterocycles. The van der Waals surface area contributed by atoms with Gasteiger partial charge < -0.3 is 0 Å². The van der Waals surface area contributed by atoms with Gasteiger partial charge in [0.1, 0.15) is 0 Å². The van der Waals surface area contributed by atoms with Crippen molar-refractivity contribution in [3.05, 3.63) is 0 Å².